The van der Waals surface area contributed by atoms with Gasteiger partial charge in [-0.05, 0) is 12.5 Å². The lowest BCUT2D eigenvalue weighted by molar-refractivity contribution is 0.264. The number of nitrogens with zero attached hydrogens (tertiary/aromatic N) is 3. The predicted octanol–water partition coefficient (Wildman–Crippen LogP) is -0.673. The molecule has 1 aliphatic heterocycles. The van der Waals surface area contributed by atoms with Crippen LogP contribution in [0.1, 0.15) is 6.92 Å². The summed E-state index contributed by atoms with van der Waals surface area (Å²) in [4.78, 5) is 0. The summed E-state index contributed by atoms with van der Waals surface area (Å²) in [6, 6.07) is 0. The van der Waals surface area contributed by atoms with E-state index in [2.05, 4.69) is 15.7 Å². The van der Waals surface area contributed by atoms with E-state index in [-0.39, 0.29) is 0 Å². The van der Waals surface area contributed by atoms with E-state index in [1.807, 2.05) is 0 Å². The van der Waals surface area contributed by atoms with Crippen LogP contribution in [0.15, 0.2) is 10.2 Å². The lowest BCUT2D eigenvalue weighted by atomic mass is 10.3. The highest BCUT2D eigenvalue weighted by atomic mass is 16.3. The molecule has 0 bridgehead atoms. The third-order valence-corrected chi connectivity index (χ3v) is 0.830. The molecule has 1 rings (SSSR count). The fraction of sp³-hybridized carbons (Fsp3) is 0.500. The third-order valence-electron chi connectivity index (χ3n) is 0.830. The minimum atomic E-state index is -0.551. The van der Waals surface area contributed by atoms with E-state index in [0.717, 1.165) is 0 Å². The molecule has 43 valence electrons. The molecule has 0 amide bonds. The van der Waals surface area contributed by atoms with Gasteiger partial charge in [-0.2, -0.15) is 0 Å². The summed E-state index contributed by atoms with van der Waals surface area (Å²) in [7, 11) is 0. The van der Waals surface area contributed by atoms with Crippen LogP contribution >= 0.6 is 0 Å². The van der Waals surface area contributed by atoms with Gasteiger partial charge in [-0.1, -0.05) is 0 Å². The fourth-order valence-electron chi connectivity index (χ4n) is 0.380. The maximum absolute atomic E-state index is 8.77. The van der Waals surface area contributed by atoms with E-state index < -0.39 is 6.10 Å². The van der Waals surface area contributed by atoms with Gasteiger partial charge in [-0.15, -0.1) is 10.2 Å². The Morgan fingerprint density at radius 2 is 2.50 bits per heavy atom. The van der Waals surface area contributed by atoms with Gasteiger partial charge in [0.25, 0.3) is 0 Å². The monoisotopic (exact) mass is 112 g/mol. The van der Waals surface area contributed by atoms with Crippen molar-refractivity contribution in [1.29, 1.82) is 0 Å². The van der Waals surface area contributed by atoms with Gasteiger partial charge in [0.2, 0.25) is 0 Å². The number of hydrogen-bond donors (Lipinski definition) is 1. The van der Waals surface area contributed by atoms with Crippen molar-refractivity contribution in [3.05, 3.63) is 0 Å². The number of aliphatic hydroxyl groups is 1. The van der Waals surface area contributed by atoms with Crippen molar-refractivity contribution in [2.75, 3.05) is 0 Å². The Morgan fingerprint density at radius 3 is 2.75 bits per heavy atom. The average molecular weight is 112 g/mol. The van der Waals surface area contributed by atoms with Crippen LogP contribution in [0.2, 0.25) is 0 Å². The topological polar surface area (TPSA) is 59.1 Å². The molecule has 1 unspecified atom stereocenters. The molecule has 0 saturated carbocycles. The summed E-state index contributed by atoms with van der Waals surface area (Å²) < 4.78 is 0. The summed E-state index contributed by atoms with van der Waals surface area (Å²) in [5.74, 6) is 0. The summed E-state index contributed by atoms with van der Waals surface area (Å²) >= 11 is 0. The van der Waals surface area contributed by atoms with Gasteiger partial charge >= 0.3 is 0 Å². The lowest BCUT2D eigenvalue weighted by Crippen LogP contribution is -2.15. The van der Waals surface area contributed by atoms with E-state index in [1.54, 1.807) is 6.92 Å². The highest BCUT2D eigenvalue weighted by Crippen LogP contribution is 1.89. The molecule has 1 atom stereocenters. The van der Waals surface area contributed by atoms with Gasteiger partial charge < -0.3 is 5.11 Å². The molecule has 1 radical (unpaired) electrons. The van der Waals surface area contributed by atoms with Crippen LogP contribution in [0.4, 0.5) is 0 Å². The Labute approximate surface area is 46.9 Å². The maximum Gasteiger partial charge on any atom is 0.113 e. The smallest absolute Gasteiger partial charge is 0.113 e. The Morgan fingerprint density at radius 1 is 1.75 bits per heavy atom. The van der Waals surface area contributed by atoms with Gasteiger partial charge in [0.05, 0.1) is 12.3 Å². The molecular formula is C4H6N3O. The van der Waals surface area contributed by atoms with Crippen LogP contribution in [0.25, 0.3) is 0 Å². The molecule has 0 spiro atoms. The van der Waals surface area contributed by atoms with Crippen LogP contribution in [0.5, 0.6) is 0 Å². The normalized spacial score (nSPS) is 20.0. The molecule has 0 aliphatic carbocycles. The first kappa shape index (κ1) is 5.24. The van der Waals surface area contributed by atoms with Crippen molar-refractivity contribution in [2.24, 2.45) is 10.2 Å². The second-order valence-corrected chi connectivity index (χ2v) is 1.53. The van der Waals surface area contributed by atoms with E-state index in [4.69, 9.17) is 5.11 Å². The second-order valence-electron chi connectivity index (χ2n) is 1.53. The van der Waals surface area contributed by atoms with Crippen molar-refractivity contribution in [2.45, 2.75) is 13.0 Å². The number of rotatable bonds is 1. The molecule has 4 nitrogen and oxygen atoms in total. The predicted molar refractivity (Wildman–Crippen MR) is 29.7 cm³/mol. The van der Waals surface area contributed by atoms with Crippen molar-refractivity contribution < 1.29 is 5.11 Å². The first-order chi connectivity index (χ1) is 3.80. The molecule has 1 N–H and O–H groups in total. The molecule has 8 heavy (non-hydrogen) atoms. The molecule has 1 aliphatic rings. The molecule has 0 aromatic heterocycles. The van der Waals surface area contributed by atoms with Crippen molar-refractivity contribution in [3.63, 3.8) is 0 Å². The zero-order valence-corrected chi connectivity index (χ0v) is 4.44. The van der Waals surface area contributed by atoms with Gasteiger partial charge in [0.1, 0.15) is 5.71 Å². The van der Waals surface area contributed by atoms with Crippen LogP contribution < -0.4 is 5.53 Å². The van der Waals surface area contributed by atoms with Crippen LogP contribution in [0.3, 0.4) is 0 Å². The quantitative estimate of drug-likeness (QED) is 0.480. The minimum Gasteiger partial charge on any atom is -0.387 e. The Balaban J connectivity index is 2.58. The Hall–Kier alpha value is -0.900. The van der Waals surface area contributed by atoms with Crippen LogP contribution in [0, 0.1) is 0 Å². The lowest BCUT2D eigenvalue weighted by Gasteiger charge is -1.94. The van der Waals surface area contributed by atoms with Gasteiger partial charge in [0.15, 0.2) is 0 Å². The third kappa shape index (κ3) is 0.840. The fourth-order valence-corrected chi connectivity index (χ4v) is 0.380. The van der Waals surface area contributed by atoms with Crippen LogP contribution in [-0.2, 0) is 0 Å². The molecule has 4 heteroatoms. The average Bonchev–Trinajstić information content (AvgIpc) is 2.12. The van der Waals surface area contributed by atoms with Crippen LogP contribution in [-0.4, -0.2) is 23.1 Å². The van der Waals surface area contributed by atoms with Crippen molar-refractivity contribution >= 4 is 11.9 Å². The first-order valence-electron chi connectivity index (χ1n) is 2.29. The highest BCUT2D eigenvalue weighted by Gasteiger charge is 2.07. The summed E-state index contributed by atoms with van der Waals surface area (Å²) in [6.07, 6.45) is 0.884. The molecule has 0 saturated heterocycles. The van der Waals surface area contributed by atoms with E-state index in [1.165, 1.54) is 6.21 Å². The molecule has 0 aromatic carbocycles. The Bertz CT molecular complexity index is 138. The highest BCUT2D eigenvalue weighted by molar-refractivity contribution is 6.33. The molecule has 1 heterocycles. The molecule has 0 aromatic rings. The van der Waals surface area contributed by atoms with E-state index in [0.29, 0.717) is 5.71 Å². The summed E-state index contributed by atoms with van der Waals surface area (Å²) in [5.41, 5.74) is 3.80. The number of aliphatic hydroxyl groups excluding tert-OH is 1. The molecular weight excluding hydrogens is 106 g/mol. The number of hydrogen-bond acceptors (Lipinski definition) is 3. The zero-order valence-electron chi connectivity index (χ0n) is 4.44. The van der Waals surface area contributed by atoms with Gasteiger partial charge in [-0.3, -0.25) is 0 Å². The van der Waals surface area contributed by atoms with E-state index >= 15 is 0 Å². The molecule has 0 fully saturated rings. The van der Waals surface area contributed by atoms with Crippen molar-refractivity contribution in [3.8, 4) is 0 Å². The minimum absolute atomic E-state index is 0.519. The summed E-state index contributed by atoms with van der Waals surface area (Å²) in [6.45, 7) is 1.62. The second kappa shape index (κ2) is 1.92. The zero-order chi connectivity index (χ0) is 5.98. The Kier molecular flexibility index (Phi) is 1.26. The van der Waals surface area contributed by atoms with Gasteiger partial charge in [0, 0.05) is 0 Å². The largest absolute Gasteiger partial charge is 0.387 e. The van der Waals surface area contributed by atoms with Gasteiger partial charge in [-0.25, -0.2) is 0 Å². The SMILES string of the molecule is CC(O)C1=N[N]N=C1. The maximum atomic E-state index is 8.77. The van der Waals surface area contributed by atoms with Crippen molar-refractivity contribution in [1.82, 2.24) is 5.53 Å². The standard InChI is InChI=1S/C4H6N3O/c1-3(8)4-2-5-7-6-4/h2-3,8H,1H3. The van der Waals surface area contributed by atoms with E-state index in [9.17, 15) is 0 Å². The first-order valence-corrected chi connectivity index (χ1v) is 2.29. The summed E-state index contributed by atoms with van der Waals surface area (Å²) in [5, 5.41) is 15.7.